The van der Waals surface area contributed by atoms with Crippen molar-refractivity contribution in [3.05, 3.63) is 64.8 Å². The van der Waals surface area contributed by atoms with E-state index < -0.39 is 0 Å². The van der Waals surface area contributed by atoms with Crippen LogP contribution in [-0.4, -0.2) is 59.3 Å². The summed E-state index contributed by atoms with van der Waals surface area (Å²) in [6, 6.07) is 15.5. The zero-order chi connectivity index (χ0) is 20.2. The number of anilines is 1. The van der Waals surface area contributed by atoms with Crippen LogP contribution in [0.15, 0.2) is 59.2 Å². The minimum atomic E-state index is -0.0362. The van der Waals surface area contributed by atoms with E-state index in [4.69, 9.17) is 0 Å². The van der Waals surface area contributed by atoms with Crippen molar-refractivity contribution in [2.45, 2.75) is 6.42 Å². The van der Waals surface area contributed by atoms with Gasteiger partial charge >= 0.3 is 0 Å². The Morgan fingerprint density at radius 2 is 1.72 bits per heavy atom. The maximum Gasteiger partial charge on any atom is 0.238 e. The Bertz CT molecular complexity index is 1010. The molecule has 0 unspecified atom stereocenters. The van der Waals surface area contributed by atoms with E-state index in [1.807, 2.05) is 59.6 Å². The van der Waals surface area contributed by atoms with E-state index in [1.54, 1.807) is 0 Å². The highest BCUT2D eigenvalue weighted by Crippen LogP contribution is 2.19. The second kappa shape index (κ2) is 8.80. The molecule has 29 heavy (non-hydrogen) atoms. The first-order valence-electron chi connectivity index (χ1n) is 9.69. The Hall–Kier alpha value is -2.64. The lowest BCUT2D eigenvalue weighted by atomic mass is 10.1. The first-order chi connectivity index (χ1) is 14.1. The molecule has 2 heterocycles. The third-order valence-electron chi connectivity index (χ3n) is 5.24. The van der Waals surface area contributed by atoms with Crippen LogP contribution < -0.4 is 5.32 Å². The van der Waals surface area contributed by atoms with Gasteiger partial charge in [-0.1, -0.05) is 34.1 Å². The quantitative estimate of drug-likeness (QED) is 0.621. The molecule has 1 aromatic heterocycles. The van der Waals surface area contributed by atoms with Gasteiger partial charge in [0.1, 0.15) is 0 Å². The lowest BCUT2D eigenvalue weighted by Crippen LogP contribution is -2.50. The summed E-state index contributed by atoms with van der Waals surface area (Å²) in [7, 11) is 0. The molecule has 0 radical (unpaired) electrons. The largest absolute Gasteiger partial charge is 0.361 e. The number of fused-ring (bicyclic) bond motifs is 1. The molecule has 3 aromatic rings. The van der Waals surface area contributed by atoms with Crippen molar-refractivity contribution in [1.29, 1.82) is 0 Å². The van der Waals surface area contributed by atoms with Gasteiger partial charge < -0.3 is 15.2 Å². The van der Waals surface area contributed by atoms with Crippen LogP contribution in [0.3, 0.4) is 0 Å². The van der Waals surface area contributed by atoms with Gasteiger partial charge in [-0.05, 0) is 35.9 Å². The minimum absolute atomic E-state index is 0.0362. The molecule has 7 heteroatoms. The third-order valence-corrected chi connectivity index (χ3v) is 5.77. The van der Waals surface area contributed by atoms with Crippen LogP contribution in [0.2, 0.25) is 0 Å². The van der Waals surface area contributed by atoms with Crippen LogP contribution >= 0.6 is 15.9 Å². The second-order valence-electron chi connectivity index (χ2n) is 7.25. The number of aromatic nitrogens is 1. The van der Waals surface area contributed by atoms with E-state index in [2.05, 4.69) is 31.1 Å². The van der Waals surface area contributed by atoms with Crippen LogP contribution in [0, 0.1) is 0 Å². The van der Waals surface area contributed by atoms with Crippen LogP contribution in [0.5, 0.6) is 0 Å². The molecule has 0 bridgehead atoms. The Balaban J connectivity index is 1.26. The summed E-state index contributed by atoms with van der Waals surface area (Å²) in [6.07, 6.45) is 2.32. The number of nitrogens with one attached hydrogen (secondary N) is 2. The van der Waals surface area contributed by atoms with Gasteiger partial charge in [0, 0.05) is 53.4 Å². The fourth-order valence-corrected chi connectivity index (χ4v) is 3.91. The lowest BCUT2D eigenvalue weighted by molar-refractivity contribution is -0.132. The molecular weight excluding hydrogens is 432 g/mol. The number of nitrogens with zero attached hydrogens (tertiary/aromatic N) is 2. The van der Waals surface area contributed by atoms with Gasteiger partial charge in [0.25, 0.3) is 0 Å². The summed E-state index contributed by atoms with van der Waals surface area (Å²) in [6.45, 7) is 3.03. The summed E-state index contributed by atoms with van der Waals surface area (Å²) in [5.41, 5.74) is 2.87. The van der Waals surface area contributed by atoms with Crippen molar-refractivity contribution in [2.24, 2.45) is 0 Å². The smallest absolute Gasteiger partial charge is 0.238 e. The monoisotopic (exact) mass is 454 g/mol. The number of rotatable bonds is 5. The first kappa shape index (κ1) is 19.7. The topological polar surface area (TPSA) is 68.4 Å². The minimum Gasteiger partial charge on any atom is -0.361 e. The van der Waals surface area contributed by atoms with E-state index in [9.17, 15) is 9.59 Å². The van der Waals surface area contributed by atoms with E-state index in [0.717, 1.165) is 26.6 Å². The van der Waals surface area contributed by atoms with Crippen LogP contribution in [-0.2, 0) is 16.0 Å². The molecule has 1 fully saturated rings. The van der Waals surface area contributed by atoms with Crippen LogP contribution in [0.25, 0.3) is 10.9 Å². The molecule has 2 N–H and O–H groups in total. The highest BCUT2D eigenvalue weighted by molar-refractivity contribution is 9.10. The molecule has 2 amide bonds. The van der Waals surface area contributed by atoms with E-state index in [0.29, 0.717) is 39.1 Å². The highest BCUT2D eigenvalue weighted by atomic mass is 79.9. The summed E-state index contributed by atoms with van der Waals surface area (Å²) >= 11 is 3.38. The van der Waals surface area contributed by atoms with Gasteiger partial charge in [-0.2, -0.15) is 0 Å². The molecule has 0 aliphatic carbocycles. The molecule has 0 atom stereocenters. The number of H-pyrrole nitrogens is 1. The van der Waals surface area contributed by atoms with E-state index in [1.165, 1.54) is 0 Å². The zero-order valence-corrected chi connectivity index (χ0v) is 17.6. The number of carbonyl (C=O) groups is 2. The van der Waals surface area contributed by atoms with Crippen molar-refractivity contribution in [3.8, 4) is 0 Å². The number of carbonyl (C=O) groups excluding carboxylic acids is 2. The molecule has 1 saturated heterocycles. The first-order valence-corrected chi connectivity index (χ1v) is 10.5. The van der Waals surface area contributed by atoms with Crippen LogP contribution in [0.4, 0.5) is 5.69 Å². The SMILES string of the molecule is O=C(CN1CCN(C(=O)Cc2c[nH]c3ccccc23)CC1)Nc1ccc(Br)cc1. The van der Waals surface area contributed by atoms with Crippen molar-refractivity contribution in [2.75, 3.05) is 38.0 Å². The number of benzene rings is 2. The number of para-hydroxylation sites is 1. The van der Waals surface area contributed by atoms with Gasteiger partial charge in [-0.25, -0.2) is 0 Å². The van der Waals surface area contributed by atoms with Crippen molar-refractivity contribution < 1.29 is 9.59 Å². The average Bonchev–Trinajstić information content (AvgIpc) is 3.13. The third kappa shape index (κ3) is 4.86. The molecule has 0 saturated carbocycles. The van der Waals surface area contributed by atoms with Gasteiger partial charge in [-0.3, -0.25) is 14.5 Å². The van der Waals surface area contributed by atoms with E-state index >= 15 is 0 Å². The summed E-state index contributed by atoms with van der Waals surface area (Å²) in [4.78, 5) is 32.2. The zero-order valence-electron chi connectivity index (χ0n) is 16.0. The molecule has 2 aromatic carbocycles. The Morgan fingerprint density at radius 3 is 2.48 bits per heavy atom. The summed E-state index contributed by atoms with van der Waals surface area (Å²) in [5.74, 6) is 0.0969. The Kier molecular flexibility index (Phi) is 5.97. The van der Waals surface area contributed by atoms with Gasteiger partial charge in [-0.15, -0.1) is 0 Å². The number of piperazine rings is 1. The second-order valence-corrected chi connectivity index (χ2v) is 8.16. The molecular formula is C22H23BrN4O2. The summed E-state index contributed by atoms with van der Waals surface area (Å²) in [5, 5.41) is 4.01. The van der Waals surface area contributed by atoms with Crippen molar-refractivity contribution in [1.82, 2.24) is 14.8 Å². The van der Waals surface area contributed by atoms with Gasteiger partial charge in [0.05, 0.1) is 13.0 Å². The fraction of sp³-hybridized carbons (Fsp3) is 0.273. The Morgan fingerprint density at radius 1 is 1.00 bits per heavy atom. The average molecular weight is 455 g/mol. The number of hydrogen-bond acceptors (Lipinski definition) is 3. The highest BCUT2D eigenvalue weighted by Gasteiger charge is 2.23. The standard InChI is InChI=1S/C22H23BrN4O2/c23-17-5-7-18(8-6-17)25-21(28)15-26-9-11-27(12-10-26)22(29)13-16-14-24-20-4-2-1-3-19(16)20/h1-8,14,24H,9-13,15H2,(H,25,28). The van der Waals surface area contributed by atoms with Crippen LogP contribution in [0.1, 0.15) is 5.56 Å². The molecule has 6 nitrogen and oxygen atoms in total. The van der Waals surface area contributed by atoms with Crippen molar-refractivity contribution >= 4 is 44.3 Å². The maximum absolute atomic E-state index is 12.7. The fourth-order valence-electron chi connectivity index (χ4n) is 3.64. The molecule has 150 valence electrons. The van der Waals surface area contributed by atoms with Gasteiger partial charge in [0.2, 0.25) is 11.8 Å². The Labute approximate surface area is 178 Å². The molecule has 4 rings (SSSR count). The van der Waals surface area contributed by atoms with E-state index in [-0.39, 0.29) is 11.8 Å². The van der Waals surface area contributed by atoms with Gasteiger partial charge in [0.15, 0.2) is 0 Å². The predicted molar refractivity (Wildman–Crippen MR) is 118 cm³/mol. The van der Waals surface area contributed by atoms with Crippen molar-refractivity contribution in [3.63, 3.8) is 0 Å². The molecule has 1 aliphatic rings. The number of hydrogen-bond donors (Lipinski definition) is 2. The summed E-state index contributed by atoms with van der Waals surface area (Å²) < 4.78 is 0.976. The predicted octanol–water partition coefficient (Wildman–Crippen LogP) is 3.26. The lowest BCUT2D eigenvalue weighted by Gasteiger charge is -2.34. The maximum atomic E-state index is 12.7. The number of amides is 2. The molecule has 0 spiro atoms. The number of halogens is 1. The number of aromatic amines is 1. The molecule has 1 aliphatic heterocycles. The normalized spacial score (nSPS) is 14.9.